The molecule has 0 amide bonds. The highest BCUT2D eigenvalue weighted by Crippen LogP contribution is 2.37. The molecule has 4 rings (SSSR count). The molecule has 0 N–H and O–H groups in total. The number of aromatic nitrogens is 3. The van der Waals surface area contributed by atoms with Crippen molar-refractivity contribution in [2.45, 2.75) is 65.0 Å². The third kappa shape index (κ3) is 6.40. The summed E-state index contributed by atoms with van der Waals surface area (Å²) in [6.07, 6.45) is -3.42. The number of aryl methyl sites for hydroxylation is 2. The molecule has 1 aromatic carbocycles. The number of alkyl halides is 6. The molecular formula is C27H30F6N6. The zero-order valence-electron chi connectivity index (χ0n) is 22.0. The predicted molar refractivity (Wildman–Crippen MR) is 134 cm³/mol. The molecule has 1 saturated carbocycles. The number of fused-ring (bicyclic) bond motifs is 1. The molecule has 1 fully saturated rings. The van der Waals surface area contributed by atoms with Gasteiger partial charge in [0.1, 0.15) is 5.82 Å². The summed E-state index contributed by atoms with van der Waals surface area (Å²) in [5.41, 5.74) is -1.04. The van der Waals surface area contributed by atoms with Crippen molar-refractivity contribution in [3.63, 3.8) is 0 Å². The number of halogens is 6. The summed E-state index contributed by atoms with van der Waals surface area (Å²) in [5, 5.41) is 15.1. The number of nitriles is 1. The lowest BCUT2D eigenvalue weighted by Crippen LogP contribution is -2.31. The third-order valence-corrected chi connectivity index (χ3v) is 7.21. The fourth-order valence-corrected chi connectivity index (χ4v) is 5.30. The first-order valence-corrected chi connectivity index (χ1v) is 12.8. The van der Waals surface area contributed by atoms with Gasteiger partial charge >= 0.3 is 12.4 Å². The summed E-state index contributed by atoms with van der Waals surface area (Å²) in [7, 11) is 1.78. The largest absolute Gasteiger partial charge is 0.416 e. The van der Waals surface area contributed by atoms with Crippen LogP contribution in [0.3, 0.4) is 0 Å². The van der Waals surface area contributed by atoms with Gasteiger partial charge < -0.3 is 9.80 Å². The van der Waals surface area contributed by atoms with E-state index in [1.165, 1.54) is 12.8 Å². The van der Waals surface area contributed by atoms with Gasteiger partial charge in [0, 0.05) is 31.1 Å². The van der Waals surface area contributed by atoms with Gasteiger partial charge in [0.2, 0.25) is 0 Å². The van der Waals surface area contributed by atoms with Crippen molar-refractivity contribution in [3.8, 4) is 6.19 Å². The standard InChI is InChI=1S/C27H30F6N6/c1-4-39(14-18-7-5-6-8-18)24-20(11-23-17(2)36-37(3)25(23)35-24)15-38(16-34)13-19-9-21(26(28,29)30)12-22(10-19)27(31,32)33/h9-12,18H,4-8,13-15H2,1-3H3. The van der Waals surface area contributed by atoms with Crippen LogP contribution in [0.4, 0.5) is 32.2 Å². The van der Waals surface area contributed by atoms with E-state index in [0.29, 0.717) is 41.6 Å². The monoisotopic (exact) mass is 552 g/mol. The highest BCUT2D eigenvalue weighted by atomic mass is 19.4. The van der Waals surface area contributed by atoms with Crippen LogP contribution < -0.4 is 4.90 Å². The molecule has 3 aromatic rings. The molecule has 39 heavy (non-hydrogen) atoms. The van der Waals surface area contributed by atoms with E-state index in [4.69, 9.17) is 4.98 Å². The molecule has 2 heterocycles. The first kappa shape index (κ1) is 28.5. The number of hydrogen-bond acceptors (Lipinski definition) is 5. The van der Waals surface area contributed by atoms with Crippen LogP contribution in [0.1, 0.15) is 60.6 Å². The molecule has 2 aromatic heterocycles. The molecule has 6 nitrogen and oxygen atoms in total. The Hall–Kier alpha value is -3.49. The summed E-state index contributed by atoms with van der Waals surface area (Å²) in [6.45, 7) is 4.78. The summed E-state index contributed by atoms with van der Waals surface area (Å²) in [5.74, 6) is 1.14. The van der Waals surface area contributed by atoms with Gasteiger partial charge in [0.25, 0.3) is 0 Å². The molecule has 0 bridgehead atoms. The average Bonchev–Trinajstić information content (AvgIpc) is 3.47. The number of pyridine rings is 1. The lowest BCUT2D eigenvalue weighted by atomic mass is 10.0. The Kier molecular flexibility index (Phi) is 8.00. The van der Waals surface area contributed by atoms with Crippen molar-refractivity contribution >= 4 is 16.9 Å². The average molecular weight is 553 g/mol. The highest BCUT2D eigenvalue weighted by molar-refractivity contribution is 5.81. The molecule has 12 heteroatoms. The van der Waals surface area contributed by atoms with Crippen molar-refractivity contribution in [3.05, 3.63) is 52.2 Å². The quantitative estimate of drug-likeness (QED) is 0.175. The lowest BCUT2D eigenvalue weighted by molar-refractivity contribution is -0.143. The Bertz CT molecular complexity index is 1330. The Labute approximate surface area is 222 Å². The number of hydrogen-bond donors (Lipinski definition) is 0. The van der Waals surface area contributed by atoms with Crippen molar-refractivity contribution in [2.24, 2.45) is 13.0 Å². The van der Waals surface area contributed by atoms with Crippen molar-refractivity contribution in [1.29, 1.82) is 5.26 Å². The van der Waals surface area contributed by atoms with Crippen molar-refractivity contribution in [2.75, 3.05) is 18.0 Å². The van der Waals surface area contributed by atoms with Crippen LogP contribution in [0.15, 0.2) is 24.3 Å². The van der Waals surface area contributed by atoms with E-state index in [0.717, 1.165) is 35.4 Å². The third-order valence-electron chi connectivity index (χ3n) is 7.21. The summed E-state index contributed by atoms with van der Waals surface area (Å²) < 4.78 is 81.9. The van der Waals surface area contributed by atoms with Crippen LogP contribution in [0.2, 0.25) is 0 Å². The Morgan fingerprint density at radius 2 is 1.62 bits per heavy atom. The van der Waals surface area contributed by atoms with Gasteiger partial charge in [-0.3, -0.25) is 4.68 Å². The molecule has 0 spiro atoms. The van der Waals surface area contributed by atoms with E-state index >= 15 is 0 Å². The van der Waals surface area contributed by atoms with E-state index < -0.39 is 30.0 Å². The smallest absolute Gasteiger partial charge is 0.356 e. The zero-order valence-corrected chi connectivity index (χ0v) is 22.0. The van der Waals surface area contributed by atoms with Gasteiger partial charge in [0.15, 0.2) is 11.8 Å². The number of benzene rings is 1. The minimum Gasteiger partial charge on any atom is -0.356 e. The molecular weight excluding hydrogens is 522 g/mol. The van der Waals surface area contributed by atoms with Gasteiger partial charge in [-0.05, 0) is 62.4 Å². The second kappa shape index (κ2) is 10.9. The van der Waals surface area contributed by atoms with Gasteiger partial charge in [-0.25, -0.2) is 4.98 Å². The fraction of sp³-hybridized carbons (Fsp3) is 0.519. The van der Waals surface area contributed by atoms with Crippen LogP contribution in [0, 0.1) is 24.3 Å². The van der Waals surface area contributed by atoms with E-state index in [-0.39, 0.29) is 18.2 Å². The molecule has 0 saturated heterocycles. The van der Waals surface area contributed by atoms with Crippen LogP contribution in [-0.4, -0.2) is 32.8 Å². The predicted octanol–water partition coefficient (Wildman–Crippen LogP) is 6.81. The van der Waals surface area contributed by atoms with Crippen LogP contribution in [0.25, 0.3) is 11.0 Å². The van der Waals surface area contributed by atoms with E-state index in [1.807, 2.05) is 26.1 Å². The van der Waals surface area contributed by atoms with Gasteiger partial charge in [-0.2, -0.15) is 36.7 Å². The van der Waals surface area contributed by atoms with E-state index in [2.05, 4.69) is 10.00 Å². The van der Waals surface area contributed by atoms with Crippen LogP contribution in [0.5, 0.6) is 0 Å². The normalized spacial score (nSPS) is 14.7. The van der Waals surface area contributed by atoms with Crippen LogP contribution in [-0.2, 0) is 32.5 Å². The minimum absolute atomic E-state index is 0.0398. The number of anilines is 1. The first-order chi connectivity index (χ1) is 18.3. The maximum atomic E-state index is 13.4. The Balaban J connectivity index is 1.72. The molecule has 0 radical (unpaired) electrons. The maximum Gasteiger partial charge on any atom is 0.416 e. The van der Waals surface area contributed by atoms with Gasteiger partial charge in [0.05, 0.1) is 29.9 Å². The summed E-state index contributed by atoms with van der Waals surface area (Å²) >= 11 is 0. The van der Waals surface area contributed by atoms with Crippen LogP contribution >= 0.6 is 0 Å². The molecule has 1 aliphatic carbocycles. The maximum absolute atomic E-state index is 13.4. The van der Waals surface area contributed by atoms with Gasteiger partial charge in [-0.1, -0.05) is 12.8 Å². The first-order valence-electron chi connectivity index (χ1n) is 12.8. The fourth-order valence-electron chi connectivity index (χ4n) is 5.30. The second-order valence-corrected chi connectivity index (χ2v) is 10.1. The molecule has 210 valence electrons. The lowest BCUT2D eigenvalue weighted by Gasteiger charge is -2.28. The summed E-state index contributed by atoms with van der Waals surface area (Å²) in [6, 6.07) is 3.27. The minimum atomic E-state index is -4.96. The topological polar surface area (TPSA) is 61.0 Å². The van der Waals surface area contributed by atoms with Crippen molar-refractivity contribution < 1.29 is 26.3 Å². The Morgan fingerprint density at radius 3 is 2.15 bits per heavy atom. The second-order valence-electron chi connectivity index (χ2n) is 10.1. The number of nitrogens with zero attached hydrogens (tertiary/aromatic N) is 6. The zero-order chi connectivity index (χ0) is 28.5. The van der Waals surface area contributed by atoms with E-state index in [1.54, 1.807) is 11.7 Å². The Morgan fingerprint density at radius 1 is 1.00 bits per heavy atom. The SMILES string of the molecule is CCN(CC1CCCC1)c1nc2c(cc1CN(C#N)Cc1cc(C(F)(F)F)cc(C(F)(F)F)c1)c(C)nn2C. The summed E-state index contributed by atoms with van der Waals surface area (Å²) in [4.78, 5) is 8.17. The number of rotatable bonds is 8. The van der Waals surface area contributed by atoms with Crippen molar-refractivity contribution in [1.82, 2.24) is 19.7 Å². The molecule has 1 aliphatic rings. The molecule has 0 atom stereocenters. The molecule has 0 aliphatic heterocycles. The molecule has 0 unspecified atom stereocenters. The highest BCUT2D eigenvalue weighted by Gasteiger charge is 2.37. The van der Waals surface area contributed by atoms with E-state index in [9.17, 15) is 31.6 Å². The van der Waals surface area contributed by atoms with Gasteiger partial charge in [-0.15, -0.1) is 0 Å².